The minimum atomic E-state index is -1.06. The highest BCUT2D eigenvalue weighted by atomic mass is 16.5. The van der Waals surface area contributed by atoms with Crippen molar-refractivity contribution in [1.82, 2.24) is 25.3 Å². The number of pyridine rings is 1. The highest BCUT2D eigenvalue weighted by molar-refractivity contribution is 5.85. The molecule has 1 aliphatic rings. The molecule has 2 aromatic rings. The van der Waals surface area contributed by atoms with Gasteiger partial charge in [-0.25, -0.2) is 9.78 Å². The Bertz CT molecular complexity index is 786. The van der Waals surface area contributed by atoms with Crippen LogP contribution in [0.25, 0.3) is 11.3 Å². The number of rotatable bonds is 12. The number of amides is 1. The summed E-state index contributed by atoms with van der Waals surface area (Å²) in [5.74, 6) is -1.01. The van der Waals surface area contributed by atoms with Gasteiger partial charge in [0.15, 0.2) is 0 Å². The van der Waals surface area contributed by atoms with E-state index >= 15 is 0 Å². The lowest BCUT2D eigenvalue weighted by Crippen LogP contribution is -2.25. The number of carboxylic acids is 1. The number of hydrogen-bond donors (Lipinski definition) is 2. The lowest BCUT2D eigenvalue weighted by Gasteiger charge is -2.05. The predicted octanol–water partition coefficient (Wildman–Crippen LogP) is 1.89. The van der Waals surface area contributed by atoms with Gasteiger partial charge in [0, 0.05) is 31.3 Å². The highest BCUT2D eigenvalue weighted by Gasteiger charge is 2.21. The molecule has 0 bridgehead atoms. The van der Waals surface area contributed by atoms with Gasteiger partial charge >= 0.3 is 5.97 Å². The predicted molar refractivity (Wildman–Crippen MR) is 101 cm³/mol. The van der Waals surface area contributed by atoms with Crippen LogP contribution < -0.4 is 5.32 Å². The zero-order chi connectivity index (χ0) is 19.8. The van der Waals surface area contributed by atoms with E-state index in [0.717, 1.165) is 44.2 Å². The monoisotopic (exact) mass is 387 g/mol. The van der Waals surface area contributed by atoms with Gasteiger partial charge in [-0.2, -0.15) is 0 Å². The molecule has 1 fully saturated rings. The average Bonchev–Trinajstić information content (AvgIpc) is 3.39. The molecule has 0 saturated heterocycles. The number of nitrogens with one attached hydrogen (secondary N) is 1. The van der Waals surface area contributed by atoms with Crippen LogP contribution >= 0.6 is 0 Å². The van der Waals surface area contributed by atoms with Crippen LogP contribution in [0.3, 0.4) is 0 Å². The van der Waals surface area contributed by atoms with Crippen molar-refractivity contribution in [2.75, 3.05) is 13.2 Å². The fourth-order valence-corrected chi connectivity index (χ4v) is 2.66. The maximum atomic E-state index is 11.6. The molecule has 28 heavy (non-hydrogen) atoms. The van der Waals surface area contributed by atoms with E-state index in [1.807, 2.05) is 6.20 Å². The molecule has 150 valence electrons. The summed E-state index contributed by atoms with van der Waals surface area (Å²) in [5, 5.41) is 20.0. The lowest BCUT2D eigenvalue weighted by molar-refractivity contribution is -0.122. The molecule has 0 aromatic carbocycles. The molecule has 0 aliphatic heterocycles. The van der Waals surface area contributed by atoms with Gasteiger partial charge in [0.25, 0.3) is 0 Å². The van der Waals surface area contributed by atoms with Crippen molar-refractivity contribution in [1.29, 1.82) is 0 Å². The van der Waals surface area contributed by atoms with Gasteiger partial charge in [0.05, 0.1) is 18.9 Å². The van der Waals surface area contributed by atoms with E-state index in [0.29, 0.717) is 31.4 Å². The Labute approximate surface area is 163 Å². The summed E-state index contributed by atoms with van der Waals surface area (Å²) in [5.41, 5.74) is 1.38. The standard InChI is InChI=1S/C19H25N5O4/c25-18(8-11-28-15-5-6-15)20-9-2-1-3-10-24-13-17(22-23-24)14-4-7-16(19(26)27)21-12-14/h4,7,12-13,15H,1-3,5-6,8-11H2,(H,20,25)(H,26,27). The summed E-state index contributed by atoms with van der Waals surface area (Å²) < 4.78 is 7.22. The second-order valence-electron chi connectivity index (χ2n) is 6.83. The Morgan fingerprint density at radius 3 is 2.82 bits per heavy atom. The van der Waals surface area contributed by atoms with Crippen LogP contribution in [0.4, 0.5) is 0 Å². The fourth-order valence-electron chi connectivity index (χ4n) is 2.66. The molecule has 2 N–H and O–H groups in total. The normalized spacial score (nSPS) is 13.4. The molecular weight excluding hydrogens is 362 g/mol. The number of nitrogens with zero attached hydrogens (tertiary/aromatic N) is 4. The van der Waals surface area contributed by atoms with E-state index in [1.54, 1.807) is 10.7 Å². The molecule has 1 aliphatic carbocycles. The third-order valence-corrected chi connectivity index (χ3v) is 4.41. The third kappa shape index (κ3) is 6.41. The quantitative estimate of drug-likeness (QED) is 0.534. The first-order valence-corrected chi connectivity index (χ1v) is 9.60. The Kier molecular flexibility index (Phi) is 7.07. The Morgan fingerprint density at radius 1 is 1.25 bits per heavy atom. The first-order chi connectivity index (χ1) is 13.6. The molecule has 0 radical (unpaired) electrons. The number of aryl methyl sites for hydroxylation is 1. The summed E-state index contributed by atoms with van der Waals surface area (Å²) >= 11 is 0. The van der Waals surface area contributed by atoms with Gasteiger partial charge in [0.2, 0.25) is 5.91 Å². The van der Waals surface area contributed by atoms with Gasteiger partial charge in [-0.1, -0.05) is 5.21 Å². The topological polar surface area (TPSA) is 119 Å². The summed E-state index contributed by atoms with van der Waals surface area (Å²) in [6.45, 7) is 1.92. The Morgan fingerprint density at radius 2 is 2.11 bits per heavy atom. The summed E-state index contributed by atoms with van der Waals surface area (Å²) in [6, 6.07) is 3.12. The van der Waals surface area contributed by atoms with E-state index in [9.17, 15) is 9.59 Å². The molecule has 0 unspecified atom stereocenters. The summed E-state index contributed by atoms with van der Waals surface area (Å²) in [6.07, 6.45) is 9.20. The van der Waals surface area contributed by atoms with Crippen LogP contribution in [0.1, 0.15) is 49.0 Å². The van der Waals surface area contributed by atoms with Crippen molar-refractivity contribution in [3.8, 4) is 11.3 Å². The molecule has 1 saturated carbocycles. The van der Waals surface area contributed by atoms with E-state index in [1.165, 1.54) is 12.3 Å². The van der Waals surface area contributed by atoms with Crippen LogP contribution in [0, 0.1) is 0 Å². The van der Waals surface area contributed by atoms with Gasteiger partial charge in [-0.15, -0.1) is 5.10 Å². The van der Waals surface area contributed by atoms with Crippen LogP contribution in [0.2, 0.25) is 0 Å². The van der Waals surface area contributed by atoms with Crippen LogP contribution in [0.5, 0.6) is 0 Å². The molecule has 3 rings (SSSR count). The maximum absolute atomic E-state index is 11.6. The van der Waals surface area contributed by atoms with Gasteiger partial charge in [-0.05, 0) is 44.2 Å². The number of hydrogen-bond acceptors (Lipinski definition) is 6. The smallest absolute Gasteiger partial charge is 0.354 e. The SMILES string of the molecule is O=C(CCOC1CC1)NCCCCCn1cc(-c2ccc(C(=O)O)nc2)nn1. The molecule has 2 aromatic heterocycles. The first-order valence-electron chi connectivity index (χ1n) is 9.60. The second kappa shape index (κ2) is 9.93. The number of aromatic carboxylic acids is 1. The number of carbonyl (C=O) groups is 2. The molecule has 9 heteroatoms. The van der Waals surface area contributed by atoms with Crippen molar-refractivity contribution in [2.24, 2.45) is 0 Å². The van der Waals surface area contributed by atoms with E-state index in [4.69, 9.17) is 9.84 Å². The molecule has 0 atom stereocenters. The highest BCUT2D eigenvalue weighted by Crippen LogP contribution is 2.23. The minimum Gasteiger partial charge on any atom is -0.477 e. The molecule has 9 nitrogen and oxygen atoms in total. The summed E-state index contributed by atoms with van der Waals surface area (Å²) in [4.78, 5) is 26.4. The van der Waals surface area contributed by atoms with E-state index in [2.05, 4.69) is 20.6 Å². The number of carbonyl (C=O) groups excluding carboxylic acids is 1. The van der Waals surface area contributed by atoms with E-state index < -0.39 is 5.97 Å². The van der Waals surface area contributed by atoms with Crippen LogP contribution in [-0.2, 0) is 16.1 Å². The molecule has 1 amide bonds. The average molecular weight is 387 g/mol. The zero-order valence-electron chi connectivity index (χ0n) is 15.7. The van der Waals surface area contributed by atoms with Gasteiger partial charge in [0.1, 0.15) is 11.4 Å². The van der Waals surface area contributed by atoms with Crippen molar-refractivity contribution in [3.63, 3.8) is 0 Å². The zero-order valence-corrected chi connectivity index (χ0v) is 15.7. The molecule has 0 spiro atoms. The number of carboxylic acid groups (broad SMARTS) is 1. The van der Waals surface area contributed by atoms with Crippen molar-refractivity contribution < 1.29 is 19.4 Å². The van der Waals surface area contributed by atoms with Gasteiger partial charge < -0.3 is 15.2 Å². The summed E-state index contributed by atoms with van der Waals surface area (Å²) in [7, 11) is 0. The number of aromatic nitrogens is 4. The minimum absolute atomic E-state index is 0.00123. The maximum Gasteiger partial charge on any atom is 0.354 e. The third-order valence-electron chi connectivity index (χ3n) is 4.41. The van der Waals surface area contributed by atoms with Crippen LogP contribution in [-0.4, -0.2) is 56.2 Å². The van der Waals surface area contributed by atoms with Crippen LogP contribution in [0.15, 0.2) is 24.5 Å². The largest absolute Gasteiger partial charge is 0.477 e. The molecule has 2 heterocycles. The fraction of sp³-hybridized carbons (Fsp3) is 0.526. The Hall–Kier alpha value is -2.81. The first kappa shape index (κ1) is 19.9. The van der Waals surface area contributed by atoms with Gasteiger partial charge in [-0.3, -0.25) is 9.48 Å². The lowest BCUT2D eigenvalue weighted by atomic mass is 10.2. The second-order valence-corrected chi connectivity index (χ2v) is 6.83. The molecular formula is C19H25N5O4. The Balaban J connectivity index is 1.29. The number of ether oxygens (including phenoxy) is 1. The number of unbranched alkanes of at least 4 members (excludes halogenated alkanes) is 2. The van der Waals surface area contributed by atoms with Crippen molar-refractivity contribution >= 4 is 11.9 Å². The van der Waals surface area contributed by atoms with E-state index in [-0.39, 0.29) is 11.6 Å². The van der Waals surface area contributed by atoms with Crippen molar-refractivity contribution in [3.05, 3.63) is 30.2 Å². The van der Waals surface area contributed by atoms with Crippen molar-refractivity contribution in [2.45, 2.75) is 51.2 Å².